The predicted molar refractivity (Wildman–Crippen MR) is 188 cm³/mol. The molecule has 0 fully saturated rings. The quantitative estimate of drug-likeness (QED) is 0.115. The summed E-state index contributed by atoms with van der Waals surface area (Å²) in [5.74, 6) is -1.59. The van der Waals surface area contributed by atoms with Crippen LogP contribution in [0.2, 0.25) is 25.7 Å². The molecule has 0 aliphatic rings. The number of nitrogens with zero attached hydrogens (tertiary/aromatic N) is 4. The number of likely N-dealkylation sites (N-methyl/N-ethyl adjacent to an activating group) is 1. The number of amides is 1. The van der Waals surface area contributed by atoms with E-state index in [0.29, 0.717) is 12.1 Å². The lowest BCUT2D eigenvalue weighted by Crippen LogP contribution is -2.40. The molecule has 11 heteroatoms. The van der Waals surface area contributed by atoms with Gasteiger partial charge in [-0.25, -0.2) is 9.07 Å². The minimum atomic E-state index is -1.33. The van der Waals surface area contributed by atoms with Crippen molar-refractivity contribution >= 4 is 24.9 Å². The molecule has 48 heavy (non-hydrogen) atoms. The highest BCUT2D eigenvalue weighted by Crippen LogP contribution is 2.35. The summed E-state index contributed by atoms with van der Waals surface area (Å²) >= 11 is 0. The van der Waals surface area contributed by atoms with Crippen LogP contribution in [0.5, 0.6) is 5.75 Å². The van der Waals surface area contributed by atoms with E-state index in [0.717, 1.165) is 28.1 Å². The summed E-state index contributed by atoms with van der Waals surface area (Å²) in [5, 5.41) is 16.9. The van der Waals surface area contributed by atoms with E-state index in [2.05, 4.69) is 24.7 Å². The Labute approximate surface area is 281 Å². The highest BCUT2D eigenvalue weighted by molar-refractivity contribution is 6.76. The number of aryl methyl sites for hydroxylation is 1. The molecule has 0 aliphatic heterocycles. The maximum atomic E-state index is 14.1. The van der Waals surface area contributed by atoms with Crippen molar-refractivity contribution < 1.29 is 23.8 Å². The SMILES string of the molecule is CN(CC(O)C(c1ccccc1)c1cn(C)c2cc(F)ccc12)C(=O)c1nn(COCC[Si](C)(C)C)cc(OCc2ccccc2)c1=O. The highest BCUT2D eigenvalue weighted by atomic mass is 28.3. The fraction of sp³-hybridized carbons (Fsp3) is 0.324. The Morgan fingerprint density at radius 3 is 2.40 bits per heavy atom. The van der Waals surface area contributed by atoms with Crippen LogP contribution in [0.3, 0.4) is 0 Å². The normalized spacial score (nSPS) is 13.0. The fourth-order valence-corrected chi connectivity index (χ4v) is 6.41. The molecule has 2 atom stereocenters. The zero-order valence-electron chi connectivity index (χ0n) is 28.1. The first-order valence-electron chi connectivity index (χ1n) is 16.0. The van der Waals surface area contributed by atoms with Crippen LogP contribution in [-0.2, 0) is 25.1 Å². The standard InChI is InChI=1S/C37H43FN4O5Si/c1-40-21-30(29-17-16-28(38)20-31(29)40)34(27-14-10-7-11-15-27)32(43)22-41(2)37(45)35-36(44)33(47-24-26-12-8-6-9-13-26)23-42(39-35)25-46-18-19-48(3,4)5/h6-17,20-21,23,32,34,43H,18-19,22,24-25H2,1-5H3. The van der Waals surface area contributed by atoms with Crippen LogP contribution in [-0.4, -0.2) is 64.6 Å². The van der Waals surface area contributed by atoms with Crippen molar-refractivity contribution in [2.45, 2.75) is 51.0 Å². The summed E-state index contributed by atoms with van der Waals surface area (Å²) in [4.78, 5) is 28.8. The van der Waals surface area contributed by atoms with E-state index in [9.17, 15) is 19.1 Å². The Morgan fingerprint density at radius 2 is 1.71 bits per heavy atom. The third-order valence-electron chi connectivity index (χ3n) is 8.26. The minimum Gasteiger partial charge on any atom is -0.483 e. The van der Waals surface area contributed by atoms with E-state index < -0.39 is 31.4 Å². The first-order valence-corrected chi connectivity index (χ1v) is 19.7. The molecule has 1 amide bonds. The highest BCUT2D eigenvalue weighted by Gasteiger charge is 2.30. The van der Waals surface area contributed by atoms with E-state index >= 15 is 0 Å². The van der Waals surface area contributed by atoms with Crippen LogP contribution < -0.4 is 10.2 Å². The summed E-state index contributed by atoms with van der Waals surface area (Å²) in [6.07, 6.45) is 2.25. The minimum absolute atomic E-state index is 0.0231. The van der Waals surface area contributed by atoms with Crippen LogP contribution in [0.15, 0.2) is 96.1 Å². The molecule has 5 aromatic rings. The van der Waals surface area contributed by atoms with Crippen molar-refractivity contribution in [1.29, 1.82) is 0 Å². The number of carbonyl (C=O) groups is 1. The molecule has 0 aliphatic carbocycles. The van der Waals surface area contributed by atoms with Gasteiger partial charge in [0.05, 0.1) is 17.8 Å². The summed E-state index contributed by atoms with van der Waals surface area (Å²) in [5.41, 5.74) is 2.19. The predicted octanol–water partition coefficient (Wildman–Crippen LogP) is 6.03. The average molecular weight is 671 g/mol. The zero-order valence-corrected chi connectivity index (χ0v) is 29.1. The van der Waals surface area contributed by atoms with Gasteiger partial charge in [-0.1, -0.05) is 80.3 Å². The van der Waals surface area contributed by atoms with Gasteiger partial charge < -0.3 is 24.0 Å². The smallest absolute Gasteiger partial charge is 0.278 e. The number of carbonyl (C=O) groups excluding carboxylic acids is 1. The third-order valence-corrected chi connectivity index (χ3v) is 9.97. The number of aromatic nitrogens is 3. The van der Waals surface area contributed by atoms with Gasteiger partial charge in [0.25, 0.3) is 11.3 Å². The van der Waals surface area contributed by atoms with Crippen LogP contribution in [0.1, 0.15) is 33.1 Å². The molecule has 3 aromatic carbocycles. The number of ether oxygens (including phenoxy) is 2. The number of halogens is 1. The number of rotatable bonds is 14. The van der Waals surface area contributed by atoms with E-state index in [1.807, 2.05) is 78.5 Å². The Hall–Kier alpha value is -4.58. The molecule has 1 N–H and O–H groups in total. The molecule has 0 bridgehead atoms. The lowest BCUT2D eigenvalue weighted by Gasteiger charge is -2.27. The van der Waals surface area contributed by atoms with Gasteiger partial charge >= 0.3 is 0 Å². The molecule has 2 unspecified atom stereocenters. The molecule has 2 aromatic heterocycles. The first kappa shape index (κ1) is 34.7. The topological polar surface area (TPSA) is 98.8 Å². The lowest BCUT2D eigenvalue weighted by molar-refractivity contribution is 0.0623. The maximum Gasteiger partial charge on any atom is 0.278 e. The zero-order chi connectivity index (χ0) is 34.4. The van der Waals surface area contributed by atoms with Crippen LogP contribution >= 0.6 is 0 Å². The molecule has 2 heterocycles. The van der Waals surface area contributed by atoms with Crippen LogP contribution in [0.25, 0.3) is 10.9 Å². The van der Waals surface area contributed by atoms with Gasteiger partial charge in [0.1, 0.15) is 19.2 Å². The molecule has 0 spiro atoms. The van der Waals surface area contributed by atoms with E-state index in [1.54, 1.807) is 6.07 Å². The number of hydrogen-bond donors (Lipinski definition) is 1. The van der Waals surface area contributed by atoms with E-state index in [-0.39, 0.29) is 37.1 Å². The van der Waals surface area contributed by atoms with Crippen molar-refractivity contribution in [3.05, 3.63) is 130 Å². The van der Waals surface area contributed by atoms with E-state index in [1.165, 1.54) is 35.0 Å². The second-order valence-electron chi connectivity index (χ2n) is 13.3. The summed E-state index contributed by atoms with van der Waals surface area (Å²) in [7, 11) is 2.02. The average Bonchev–Trinajstić information content (AvgIpc) is 3.37. The van der Waals surface area contributed by atoms with Crippen molar-refractivity contribution in [2.75, 3.05) is 20.2 Å². The molecule has 252 valence electrons. The Morgan fingerprint density at radius 1 is 1.02 bits per heavy atom. The Bertz CT molecular complexity index is 1910. The number of aliphatic hydroxyl groups is 1. The number of hydrogen-bond acceptors (Lipinski definition) is 6. The van der Waals surface area contributed by atoms with Crippen molar-refractivity contribution in [3.8, 4) is 5.75 Å². The van der Waals surface area contributed by atoms with Crippen LogP contribution in [0, 0.1) is 5.82 Å². The van der Waals surface area contributed by atoms with Gasteiger partial charge in [0.2, 0.25) is 0 Å². The first-order chi connectivity index (χ1) is 22.9. The molecular formula is C37H43FN4O5Si. The number of benzene rings is 3. The van der Waals surface area contributed by atoms with E-state index in [4.69, 9.17) is 9.47 Å². The molecule has 0 saturated carbocycles. The van der Waals surface area contributed by atoms with Crippen LogP contribution in [0.4, 0.5) is 4.39 Å². The number of aliphatic hydroxyl groups excluding tert-OH is 1. The van der Waals surface area contributed by atoms with Crippen molar-refractivity contribution in [2.24, 2.45) is 7.05 Å². The Balaban J connectivity index is 1.42. The molecule has 5 rings (SSSR count). The molecule has 0 saturated heterocycles. The monoisotopic (exact) mass is 670 g/mol. The summed E-state index contributed by atoms with van der Waals surface area (Å²) < 4.78 is 29.1. The third kappa shape index (κ3) is 8.46. The molecule has 0 radical (unpaired) electrons. The second-order valence-corrected chi connectivity index (χ2v) is 19.0. The van der Waals surface area contributed by atoms with Gasteiger partial charge in [-0.3, -0.25) is 9.59 Å². The fourth-order valence-electron chi connectivity index (χ4n) is 5.65. The van der Waals surface area contributed by atoms with Gasteiger partial charge in [0.15, 0.2) is 11.4 Å². The summed E-state index contributed by atoms with van der Waals surface area (Å²) in [6, 6.07) is 24.4. The van der Waals surface area contributed by atoms with Gasteiger partial charge in [-0.05, 0) is 40.9 Å². The van der Waals surface area contributed by atoms with Gasteiger partial charge in [0, 0.05) is 52.8 Å². The van der Waals surface area contributed by atoms with Crippen molar-refractivity contribution in [3.63, 3.8) is 0 Å². The molecular weight excluding hydrogens is 628 g/mol. The number of fused-ring (bicyclic) bond motifs is 1. The Kier molecular flexibility index (Phi) is 10.9. The second kappa shape index (κ2) is 15.1. The van der Waals surface area contributed by atoms with Gasteiger partial charge in [-0.15, -0.1) is 0 Å². The largest absolute Gasteiger partial charge is 0.483 e. The van der Waals surface area contributed by atoms with Gasteiger partial charge in [-0.2, -0.15) is 5.10 Å². The molecule has 9 nitrogen and oxygen atoms in total. The maximum absolute atomic E-state index is 14.1. The van der Waals surface area contributed by atoms with Crippen molar-refractivity contribution in [1.82, 2.24) is 19.2 Å². The lowest BCUT2D eigenvalue weighted by atomic mass is 9.86. The summed E-state index contributed by atoms with van der Waals surface area (Å²) in [6.45, 7) is 7.36.